The maximum absolute atomic E-state index is 3.65. The maximum Gasteiger partial charge on any atom is 0.0731 e. The molecule has 1 aliphatic heterocycles. The molecule has 0 spiro atoms. The Bertz CT molecular complexity index is 348. The first-order valence-corrected chi connectivity index (χ1v) is 8.04. The van der Waals surface area contributed by atoms with Gasteiger partial charge in [0.25, 0.3) is 0 Å². The summed E-state index contributed by atoms with van der Waals surface area (Å²) in [4.78, 5) is 4.16. The Morgan fingerprint density at radius 3 is 2.47 bits per heavy atom. The predicted octanol–water partition coefficient (Wildman–Crippen LogP) is 4.41. The molecule has 112 valence electrons. The molecule has 1 atom stereocenters. The normalized spacial score (nSPS) is 17.4. The van der Waals surface area contributed by atoms with E-state index in [9.17, 15) is 0 Å². The first kappa shape index (κ1) is 19.7. The fourth-order valence-corrected chi connectivity index (χ4v) is 4.16. The van der Waals surface area contributed by atoms with Crippen molar-refractivity contribution in [3.8, 4) is 0 Å². The standard InChI is InChI=1S/C13H21BrN2S.2ClH/c1-3-4-11(16-7-5-15-6-8-16)12-9-10(2)13(14)17-12;;/h9,11,15H,3-8H2,1-2H3;2*1H/t11-;;/m1../s1. The van der Waals surface area contributed by atoms with Gasteiger partial charge in [-0.3, -0.25) is 4.90 Å². The zero-order chi connectivity index (χ0) is 12.3. The summed E-state index contributed by atoms with van der Waals surface area (Å²) >= 11 is 5.56. The van der Waals surface area contributed by atoms with Crippen LogP contribution in [-0.4, -0.2) is 31.1 Å². The lowest BCUT2D eigenvalue weighted by molar-refractivity contribution is 0.167. The zero-order valence-electron chi connectivity index (χ0n) is 11.4. The highest BCUT2D eigenvalue weighted by Crippen LogP contribution is 2.36. The van der Waals surface area contributed by atoms with Crippen LogP contribution in [0.3, 0.4) is 0 Å². The summed E-state index contributed by atoms with van der Waals surface area (Å²) in [6.45, 7) is 9.09. The summed E-state index contributed by atoms with van der Waals surface area (Å²) in [5, 5.41) is 3.43. The lowest BCUT2D eigenvalue weighted by Gasteiger charge is -2.34. The van der Waals surface area contributed by atoms with E-state index in [-0.39, 0.29) is 24.8 Å². The van der Waals surface area contributed by atoms with Crippen molar-refractivity contribution in [1.82, 2.24) is 10.2 Å². The molecule has 0 radical (unpaired) electrons. The Morgan fingerprint density at radius 2 is 2.00 bits per heavy atom. The average molecular weight is 390 g/mol. The van der Waals surface area contributed by atoms with Crippen molar-refractivity contribution in [2.24, 2.45) is 0 Å². The van der Waals surface area contributed by atoms with Crippen LogP contribution in [0, 0.1) is 6.92 Å². The predicted molar refractivity (Wildman–Crippen MR) is 93.3 cm³/mol. The number of piperazine rings is 1. The van der Waals surface area contributed by atoms with Gasteiger partial charge in [-0.05, 0) is 40.9 Å². The number of hydrogen-bond acceptors (Lipinski definition) is 3. The molecule has 0 unspecified atom stereocenters. The van der Waals surface area contributed by atoms with Gasteiger partial charge in [-0.15, -0.1) is 36.2 Å². The van der Waals surface area contributed by atoms with Gasteiger partial charge in [0.15, 0.2) is 0 Å². The van der Waals surface area contributed by atoms with Gasteiger partial charge in [0.05, 0.1) is 3.79 Å². The second kappa shape index (κ2) is 9.59. The summed E-state index contributed by atoms with van der Waals surface area (Å²) in [5.41, 5.74) is 1.38. The Labute approximate surface area is 141 Å². The molecule has 0 saturated carbocycles. The highest BCUT2D eigenvalue weighted by atomic mass is 79.9. The van der Waals surface area contributed by atoms with Crippen LogP contribution < -0.4 is 5.32 Å². The van der Waals surface area contributed by atoms with Crippen LogP contribution in [0.15, 0.2) is 9.85 Å². The minimum atomic E-state index is 0. The fraction of sp³-hybridized carbons (Fsp3) is 0.692. The van der Waals surface area contributed by atoms with Crippen molar-refractivity contribution in [3.05, 3.63) is 20.3 Å². The van der Waals surface area contributed by atoms with Gasteiger partial charge in [-0.2, -0.15) is 0 Å². The number of hydrogen-bond donors (Lipinski definition) is 1. The molecular formula is C13H23BrCl2N2S. The Kier molecular flexibility index (Phi) is 9.93. The minimum Gasteiger partial charge on any atom is -0.314 e. The van der Waals surface area contributed by atoms with Crippen LogP contribution in [0.4, 0.5) is 0 Å². The third kappa shape index (κ3) is 5.18. The molecule has 0 bridgehead atoms. The average Bonchev–Trinajstić information content (AvgIpc) is 2.67. The van der Waals surface area contributed by atoms with Crippen molar-refractivity contribution in [2.45, 2.75) is 32.7 Å². The first-order chi connectivity index (χ1) is 8.22. The van der Waals surface area contributed by atoms with Crippen LogP contribution in [-0.2, 0) is 0 Å². The van der Waals surface area contributed by atoms with E-state index in [4.69, 9.17) is 0 Å². The molecule has 1 N–H and O–H groups in total. The second-order valence-electron chi connectivity index (χ2n) is 4.70. The lowest BCUT2D eigenvalue weighted by Crippen LogP contribution is -2.45. The van der Waals surface area contributed by atoms with Gasteiger partial charge < -0.3 is 5.32 Å². The van der Waals surface area contributed by atoms with Crippen LogP contribution in [0.25, 0.3) is 0 Å². The number of aryl methyl sites for hydroxylation is 1. The molecule has 2 rings (SSSR count). The van der Waals surface area contributed by atoms with Crippen LogP contribution in [0.5, 0.6) is 0 Å². The number of thiophene rings is 1. The molecule has 1 aliphatic rings. The Hall–Kier alpha value is 0.680. The molecule has 0 aromatic carbocycles. The van der Waals surface area contributed by atoms with E-state index in [2.05, 4.69) is 46.1 Å². The quantitative estimate of drug-likeness (QED) is 0.820. The monoisotopic (exact) mass is 388 g/mol. The van der Waals surface area contributed by atoms with Crippen LogP contribution in [0.2, 0.25) is 0 Å². The smallest absolute Gasteiger partial charge is 0.0731 e. The van der Waals surface area contributed by atoms with Gasteiger partial charge >= 0.3 is 0 Å². The number of halogens is 3. The third-order valence-electron chi connectivity index (χ3n) is 3.36. The van der Waals surface area contributed by atoms with E-state index in [0.717, 1.165) is 13.1 Å². The van der Waals surface area contributed by atoms with Gasteiger partial charge in [0, 0.05) is 37.1 Å². The van der Waals surface area contributed by atoms with Gasteiger partial charge in [0.1, 0.15) is 0 Å². The zero-order valence-corrected chi connectivity index (χ0v) is 15.5. The first-order valence-electron chi connectivity index (χ1n) is 6.43. The van der Waals surface area contributed by atoms with E-state index >= 15 is 0 Å². The number of rotatable bonds is 4. The third-order valence-corrected chi connectivity index (χ3v) is 5.60. The molecule has 1 aromatic rings. The van der Waals surface area contributed by atoms with E-state index in [1.165, 1.54) is 40.2 Å². The maximum atomic E-state index is 3.65. The molecule has 0 aliphatic carbocycles. The SMILES string of the molecule is CCC[C@H](c1cc(C)c(Br)s1)N1CCNCC1.Cl.Cl. The molecule has 0 amide bonds. The molecule has 2 heterocycles. The van der Waals surface area contributed by atoms with Crippen molar-refractivity contribution < 1.29 is 0 Å². The Balaban J connectivity index is 0.00000162. The van der Waals surface area contributed by atoms with Gasteiger partial charge in [-0.1, -0.05) is 13.3 Å². The van der Waals surface area contributed by atoms with Crippen molar-refractivity contribution in [1.29, 1.82) is 0 Å². The molecular weight excluding hydrogens is 367 g/mol. The lowest BCUT2D eigenvalue weighted by atomic mass is 10.1. The van der Waals surface area contributed by atoms with E-state index in [1.807, 2.05) is 11.3 Å². The summed E-state index contributed by atoms with van der Waals surface area (Å²) in [6, 6.07) is 2.98. The van der Waals surface area contributed by atoms with E-state index in [0.29, 0.717) is 6.04 Å². The number of nitrogens with zero attached hydrogens (tertiary/aromatic N) is 1. The summed E-state index contributed by atoms with van der Waals surface area (Å²) in [5.74, 6) is 0. The second-order valence-corrected chi connectivity index (χ2v) is 7.10. The van der Waals surface area contributed by atoms with Crippen molar-refractivity contribution in [2.75, 3.05) is 26.2 Å². The summed E-state index contributed by atoms with van der Waals surface area (Å²) < 4.78 is 1.30. The van der Waals surface area contributed by atoms with Crippen molar-refractivity contribution >= 4 is 52.1 Å². The van der Waals surface area contributed by atoms with E-state index in [1.54, 1.807) is 0 Å². The highest BCUT2D eigenvalue weighted by molar-refractivity contribution is 9.11. The molecule has 1 fully saturated rings. The van der Waals surface area contributed by atoms with E-state index < -0.39 is 0 Å². The van der Waals surface area contributed by atoms with Crippen LogP contribution in [0.1, 0.15) is 36.2 Å². The van der Waals surface area contributed by atoms with Gasteiger partial charge in [0.2, 0.25) is 0 Å². The number of nitrogens with one attached hydrogen (secondary N) is 1. The topological polar surface area (TPSA) is 15.3 Å². The van der Waals surface area contributed by atoms with Crippen LogP contribution >= 0.6 is 52.1 Å². The fourth-order valence-electron chi connectivity index (χ4n) is 2.42. The largest absolute Gasteiger partial charge is 0.314 e. The van der Waals surface area contributed by atoms with Crippen molar-refractivity contribution in [3.63, 3.8) is 0 Å². The molecule has 19 heavy (non-hydrogen) atoms. The molecule has 2 nitrogen and oxygen atoms in total. The molecule has 1 aromatic heterocycles. The Morgan fingerprint density at radius 1 is 1.37 bits per heavy atom. The van der Waals surface area contributed by atoms with Gasteiger partial charge in [-0.25, -0.2) is 0 Å². The summed E-state index contributed by atoms with van der Waals surface area (Å²) in [6.07, 6.45) is 2.52. The summed E-state index contributed by atoms with van der Waals surface area (Å²) in [7, 11) is 0. The minimum absolute atomic E-state index is 0. The molecule has 1 saturated heterocycles. The molecule has 6 heteroatoms. The highest BCUT2D eigenvalue weighted by Gasteiger charge is 2.23.